The number of nitrogens with zero attached hydrogens (tertiary/aromatic N) is 3. The molecule has 0 spiro atoms. The lowest BCUT2D eigenvalue weighted by Gasteiger charge is -2.04. The Kier molecular flexibility index (Phi) is 4.15. The Balaban J connectivity index is 1.83. The van der Waals surface area contributed by atoms with E-state index < -0.39 is 15.9 Å². The summed E-state index contributed by atoms with van der Waals surface area (Å²) in [6, 6.07) is 7.74. The minimum atomic E-state index is -3.90. The molecule has 0 fully saturated rings. The van der Waals surface area contributed by atoms with E-state index in [4.69, 9.17) is 0 Å². The number of nitrogens with one attached hydrogen (secondary N) is 1. The molecule has 2 aromatic heterocycles. The topological polar surface area (TPSA) is 86.0 Å². The van der Waals surface area contributed by atoms with Gasteiger partial charge >= 0.3 is 0 Å². The lowest BCUT2D eigenvalue weighted by molar-refractivity contribution is -0.118. The van der Waals surface area contributed by atoms with Crippen LogP contribution in [-0.4, -0.2) is 28.7 Å². The number of carbonyl (C=O) groups excluding carboxylic acids is 1. The fraction of sp³-hybridized carbons (Fsp3) is 0.250. The van der Waals surface area contributed by atoms with E-state index in [9.17, 15) is 13.2 Å². The van der Waals surface area contributed by atoms with Gasteiger partial charge in [-0.25, -0.2) is 13.1 Å². The van der Waals surface area contributed by atoms with E-state index in [0.717, 1.165) is 23.0 Å². The van der Waals surface area contributed by atoms with Crippen LogP contribution in [0.2, 0.25) is 0 Å². The second-order valence-electron chi connectivity index (χ2n) is 5.51. The highest BCUT2D eigenvalue weighted by Gasteiger charge is 2.20. The maximum Gasteiger partial charge on any atom is 0.267 e. The fourth-order valence-corrected chi connectivity index (χ4v) is 3.65. The lowest BCUT2D eigenvalue weighted by atomic mass is 10.1. The minimum absolute atomic E-state index is 0.00694. The van der Waals surface area contributed by atoms with Gasteiger partial charge in [-0.2, -0.15) is 5.10 Å². The molecule has 0 aliphatic carbocycles. The fourth-order valence-electron chi connectivity index (χ4n) is 2.68. The monoisotopic (exact) mass is 346 g/mol. The Morgan fingerprint density at radius 2 is 2.00 bits per heavy atom. The number of benzene rings is 1. The smallest absolute Gasteiger partial charge is 0.267 e. The molecular weight excluding hydrogens is 328 g/mol. The van der Waals surface area contributed by atoms with Crippen molar-refractivity contribution >= 4 is 26.8 Å². The average molecular weight is 346 g/mol. The van der Waals surface area contributed by atoms with Crippen LogP contribution >= 0.6 is 0 Å². The molecule has 3 aromatic rings. The number of aromatic nitrogens is 3. The van der Waals surface area contributed by atoms with Crippen molar-refractivity contribution in [2.45, 2.75) is 24.8 Å². The quantitative estimate of drug-likeness (QED) is 0.757. The molecule has 7 nitrogen and oxygen atoms in total. The van der Waals surface area contributed by atoms with Gasteiger partial charge in [-0.3, -0.25) is 9.48 Å². The van der Waals surface area contributed by atoms with Crippen molar-refractivity contribution in [2.75, 3.05) is 0 Å². The number of para-hydroxylation sites is 1. The second kappa shape index (κ2) is 6.12. The average Bonchev–Trinajstić information content (AvgIpc) is 3.12. The summed E-state index contributed by atoms with van der Waals surface area (Å²) in [6.45, 7) is 2.79. The predicted octanol–water partition coefficient (Wildman–Crippen LogP) is 1.44. The summed E-state index contributed by atoms with van der Waals surface area (Å²) < 4.78 is 29.9. The van der Waals surface area contributed by atoms with Crippen molar-refractivity contribution in [1.29, 1.82) is 0 Å². The molecule has 126 valence electrons. The first-order valence-electron chi connectivity index (χ1n) is 7.51. The van der Waals surface area contributed by atoms with Crippen LogP contribution in [0.15, 0.2) is 47.8 Å². The first-order chi connectivity index (χ1) is 11.4. The summed E-state index contributed by atoms with van der Waals surface area (Å²) in [6.07, 6.45) is 4.44. The van der Waals surface area contributed by atoms with Crippen LogP contribution in [0.4, 0.5) is 0 Å². The molecule has 8 heteroatoms. The zero-order valence-corrected chi connectivity index (χ0v) is 14.2. The molecule has 0 saturated heterocycles. The molecule has 1 amide bonds. The SMILES string of the molecule is CCn1cc(CC(=O)NS(=O)(=O)c2cnn(C)c2)c2ccccc21. The molecule has 1 aromatic carbocycles. The second-order valence-corrected chi connectivity index (χ2v) is 7.20. The summed E-state index contributed by atoms with van der Waals surface area (Å²) in [5, 5.41) is 4.76. The maximum absolute atomic E-state index is 12.2. The zero-order valence-electron chi connectivity index (χ0n) is 13.4. The van der Waals surface area contributed by atoms with Gasteiger partial charge in [0, 0.05) is 36.9 Å². The number of carbonyl (C=O) groups is 1. The predicted molar refractivity (Wildman–Crippen MR) is 89.9 cm³/mol. The molecule has 3 rings (SSSR count). The molecule has 2 heterocycles. The van der Waals surface area contributed by atoms with Crippen LogP contribution in [0.5, 0.6) is 0 Å². The van der Waals surface area contributed by atoms with Crippen molar-refractivity contribution in [3.05, 3.63) is 48.4 Å². The third kappa shape index (κ3) is 3.05. The Morgan fingerprint density at radius 1 is 1.25 bits per heavy atom. The van der Waals surface area contributed by atoms with Gasteiger partial charge in [-0.1, -0.05) is 18.2 Å². The highest BCUT2D eigenvalue weighted by Crippen LogP contribution is 2.22. The Bertz CT molecular complexity index is 1000. The van der Waals surface area contributed by atoms with Gasteiger partial charge in [0.15, 0.2) is 0 Å². The summed E-state index contributed by atoms with van der Waals surface area (Å²) in [7, 11) is -2.29. The van der Waals surface area contributed by atoms with Crippen LogP contribution in [-0.2, 0) is 34.8 Å². The largest absolute Gasteiger partial charge is 0.347 e. The molecule has 0 bridgehead atoms. The third-order valence-electron chi connectivity index (χ3n) is 3.80. The normalized spacial score (nSPS) is 11.8. The number of hydrogen-bond donors (Lipinski definition) is 1. The third-order valence-corrected chi connectivity index (χ3v) is 5.13. The molecule has 0 saturated carbocycles. The molecule has 0 unspecified atom stereocenters. The highest BCUT2D eigenvalue weighted by molar-refractivity contribution is 7.90. The summed E-state index contributed by atoms with van der Waals surface area (Å²) in [4.78, 5) is 12.2. The summed E-state index contributed by atoms with van der Waals surface area (Å²) >= 11 is 0. The number of rotatable bonds is 5. The Hall–Kier alpha value is -2.61. The first kappa shape index (κ1) is 16.3. The van der Waals surface area contributed by atoms with Crippen molar-refractivity contribution < 1.29 is 13.2 Å². The lowest BCUT2D eigenvalue weighted by Crippen LogP contribution is -2.31. The Morgan fingerprint density at radius 3 is 2.67 bits per heavy atom. The summed E-state index contributed by atoms with van der Waals surface area (Å²) in [5.74, 6) is -0.571. The van der Waals surface area contributed by atoms with Gasteiger partial charge in [-0.15, -0.1) is 0 Å². The standard InChI is InChI=1S/C16H18N4O3S/c1-3-20-10-12(14-6-4-5-7-15(14)20)8-16(21)18-24(22,23)13-9-17-19(2)11-13/h4-7,9-11H,3,8H2,1-2H3,(H,18,21). The maximum atomic E-state index is 12.2. The van der Waals surface area contributed by atoms with E-state index in [1.165, 1.54) is 17.1 Å². The van der Waals surface area contributed by atoms with Crippen LogP contribution < -0.4 is 4.72 Å². The molecule has 0 atom stereocenters. The number of fused-ring (bicyclic) bond motifs is 1. The van der Waals surface area contributed by atoms with Gasteiger partial charge in [0.25, 0.3) is 10.0 Å². The van der Waals surface area contributed by atoms with Gasteiger partial charge in [0.2, 0.25) is 5.91 Å². The van der Waals surface area contributed by atoms with Crippen LogP contribution in [0.1, 0.15) is 12.5 Å². The van der Waals surface area contributed by atoms with Crippen LogP contribution in [0.3, 0.4) is 0 Å². The van der Waals surface area contributed by atoms with Crippen molar-refractivity contribution in [1.82, 2.24) is 19.1 Å². The molecule has 0 radical (unpaired) electrons. The van der Waals surface area contributed by atoms with Crippen molar-refractivity contribution in [3.8, 4) is 0 Å². The molecule has 0 aliphatic rings. The van der Waals surface area contributed by atoms with E-state index >= 15 is 0 Å². The minimum Gasteiger partial charge on any atom is -0.347 e. The van der Waals surface area contributed by atoms with E-state index in [1.54, 1.807) is 7.05 Å². The molecule has 24 heavy (non-hydrogen) atoms. The first-order valence-corrected chi connectivity index (χ1v) is 9.00. The van der Waals surface area contributed by atoms with Gasteiger partial charge < -0.3 is 4.57 Å². The number of aryl methyl sites for hydroxylation is 2. The van der Waals surface area contributed by atoms with E-state index in [0.29, 0.717) is 0 Å². The van der Waals surface area contributed by atoms with E-state index in [-0.39, 0.29) is 11.3 Å². The zero-order chi connectivity index (χ0) is 17.3. The van der Waals surface area contributed by atoms with Crippen LogP contribution in [0.25, 0.3) is 10.9 Å². The molecular formula is C16H18N4O3S. The number of hydrogen-bond acceptors (Lipinski definition) is 4. The molecule has 0 aliphatic heterocycles. The van der Waals surface area contributed by atoms with Gasteiger partial charge in [0.05, 0.1) is 12.6 Å². The van der Waals surface area contributed by atoms with Crippen molar-refractivity contribution in [2.24, 2.45) is 7.05 Å². The van der Waals surface area contributed by atoms with Gasteiger partial charge in [0.1, 0.15) is 4.90 Å². The number of sulfonamides is 1. The molecule has 1 N–H and O–H groups in total. The van der Waals surface area contributed by atoms with E-state index in [1.807, 2.05) is 42.0 Å². The highest BCUT2D eigenvalue weighted by atomic mass is 32.2. The number of amides is 1. The summed E-state index contributed by atoms with van der Waals surface area (Å²) in [5.41, 5.74) is 1.82. The van der Waals surface area contributed by atoms with Gasteiger partial charge in [-0.05, 0) is 18.6 Å². The van der Waals surface area contributed by atoms with Crippen molar-refractivity contribution in [3.63, 3.8) is 0 Å². The Labute approximate surface area is 139 Å². The van der Waals surface area contributed by atoms with Crippen LogP contribution in [0, 0.1) is 0 Å². The van der Waals surface area contributed by atoms with E-state index in [2.05, 4.69) is 9.82 Å².